The fraction of sp³-hybridized carbons (Fsp3) is 0.318. The predicted molar refractivity (Wildman–Crippen MR) is 104 cm³/mol. The van der Waals surface area contributed by atoms with Gasteiger partial charge in [-0.15, -0.1) is 0 Å². The molecule has 0 amide bonds. The van der Waals surface area contributed by atoms with Crippen LogP contribution in [-0.4, -0.2) is 16.2 Å². The Bertz CT molecular complexity index is 935. The van der Waals surface area contributed by atoms with Crippen LogP contribution in [0.25, 0.3) is 10.9 Å². The Balaban J connectivity index is 1.86. The number of aromatic nitrogens is 2. The molecule has 0 saturated heterocycles. The van der Waals surface area contributed by atoms with Crippen molar-refractivity contribution in [3.63, 3.8) is 0 Å². The van der Waals surface area contributed by atoms with Gasteiger partial charge in [-0.05, 0) is 57.0 Å². The Hall–Kier alpha value is -2.62. The molecule has 136 valence electrons. The number of allylic oxidation sites excluding steroid dienone is 2. The highest BCUT2D eigenvalue weighted by Gasteiger charge is 2.15. The third kappa shape index (κ3) is 3.79. The van der Waals surface area contributed by atoms with Crippen LogP contribution in [0.15, 0.2) is 48.2 Å². The monoisotopic (exact) mass is 352 g/mol. The molecule has 0 unspecified atom stereocenters. The molecule has 26 heavy (non-hydrogen) atoms. The van der Waals surface area contributed by atoms with E-state index >= 15 is 0 Å². The van der Waals surface area contributed by atoms with Gasteiger partial charge in [0, 0.05) is 30.2 Å². The topological polar surface area (TPSA) is 27.1 Å². The standard InChI is InChI=1S/C22H25FN2O/c1-15(2)10-13-25-17(4)16(3)20-9-12-24-22(21(20)25)26-14-11-18-5-7-19(23)8-6-18/h5-10,12H,11,13-14H2,1-4H3. The number of nitrogens with zero attached hydrogens (tertiary/aromatic N) is 2. The first-order chi connectivity index (χ1) is 12.5. The van der Waals surface area contributed by atoms with Gasteiger partial charge >= 0.3 is 0 Å². The molecule has 0 bridgehead atoms. The normalized spacial score (nSPS) is 11.0. The number of rotatable bonds is 6. The summed E-state index contributed by atoms with van der Waals surface area (Å²) in [6, 6.07) is 8.58. The molecule has 3 rings (SSSR count). The van der Waals surface area contributed by atoms with E-state index in [9.17, 15) is 4.39 Å². The summed E-state index contributed by atoms with van der Waals surface area (Å²) < 4.78 is 21.3. The summed E-state index contributed by atoms with van der Waals surface area (Å²) in [4.78, 5) is 4.47. The third-order valence-electron chi connectivity index (χ3n) is 4.74. The first kappa shape index (κ1) is 18.2. The van der Waals surface area contributed by atoms with Crippen molar-refractivity contribution in [1.82, 2.24) is 9.55 Å². The van der Waals surface area contributed by atoms with Gasteiger partial charge in [0.05, 0.1) is 6.61 Å². The Morgan fingerprint density at radius 1 is 1.15 bits per heavy atom. The quantitative estimate of drug-likeness (QED) is 0.557. The van der Waals surface area contributed by atoms with Gasteiger partial charge in [-0.2, -0.15) is 0 Å². The highest BCUT2D eigenvalue weighted by molar-refractivity contribution is 5.88. The van der Waals surface area contributed by atoms with E-state index in [1.807, 2.05) is 6.07 Å². The summed E-state index contributed by atoms with van der Waals surface area (Å²) in [6.07, 6.45) is 4.72. The van der Waals surface area contributed by atoms with Gasteiger partial charge in [-0.25, -0.2) is 9.37 Å². The molecule has 4 heteroatoms. The number of halogens is 1. The Morgan fingerprint density at radius 2 is 1.88 bits per heavy atom. The van der Waals surface area contributed by atoms with Crippen LogP contribution in [0.5, 0.6) is 5.88 Å². The molecule has 0 saturated carbocycles. The van der Waals surface area contributed by atoms with Crippen LogP contribution in [0.2, 0.25) is 0 Å². The van der Waals surface area contributed by atoms with Gasteiger partial charge in [-0.1, -0.05) is 23.8 Å². The lowest BCUT2D eigenvalue weighted by Gasteiger charge is -2.11. The average Bonchev–Trinajstić information content (AvgIpc) is 2.87. The van der Waals surface area contributed by atoms with Crippen LogP contribution >= 0.6 is 0 Å². The minimum Gasteiger partial charge on any atom is -0.476 e. The zero-order valence-corrected chi connectivity index (χ0v) is 15.8. The van der Waals surface area contributed by atoms with Crippen molar-refractivity contribution < 1.29 is 9.13 Å². The third-order valence-corrected chi connectivity index (χ3v) is 4.74. The second-order valence-corrected chi connectivity index (χ2v) is 6.84. The second-order valence-electron chi connectivity index (χ2n) is 6.84. The highest BCUT2D eigenvalue weighted by atomic mass is 19.1. The van der Waals surface area contributed by atoms with Crippen molar-refractivity contribution in [3.8, 4) is 5.88 Å². The molecule has 0 N–H and O–H groups in total. The fourth-order valence-corrected chi connectivity index (χ4v) is 3.09. The van der Waals surface area contributed by atoms with Crippen LogP contribution < -0.4 is 4.74 Å². The van der Waals surface area contributed by atoms with Crippen LogP contribution in [-0.2, 0) is 13.0 Å². The maximum Gasteiger partial charge on any atom is 0.238 e. The SMILES string of the molecule is CC(C)=CCn1c(C)c(C)c2ccnc(OCCc3ccc(F)cc3)c21. The van der Waals surface area contributed by atoms with Crippen molar-refractivity contribution >= 4 is 10.9 Å². The fourth-order valence-electron chi connectivity index (χ4n) is 3.09. The minimum atomic E-state index is -0.218. The van der Waals surface area contributed by atoms with Crippen molar-refractivity contribution in [2.75, 3.05) is 6.61 Å². The van der Waals surface area contributed by atoms with Crippen molar-refractivity contribution in [2.24, 2.45) is 0 Å². The van der Waals surface area contributed by atoms with Crippen molar-refractivity contribution in [2.45, 2.75) is 40.7 Å². The minimum absolute atomic E-state index is 0.218. The second kappa shape index (κ2) is 7.73. The number of ether oxygens (including phenoxy) is 1. The van der Waals surface area contributed by atoms with Crippen molar-refractivity contribution in [3.05, 3.63) is 70.8 Å². The molecule has 2 aromatic heterocycles. The lowest BCUT2D eigenvalue weighted by Crippen LogP contribution is -2.06. The molecule has 0 aliphatic carbocycles. The summed E-state index contributed by atoms with van der Waals surface area (Å²) >= 11 is 0. The van der Waals surface area contributed by atoms with Crippen LogP contribution in [0.3, 0.4) is 0 Å². The van der Waals surface area contributed by atoms with Gasteiger partial charge in [0.2, 0.25) is 5.88 Å². The van der Waals surface area contributed by atoms with E-state index in [1.165, 1.54) is 34.3 Å². The number of hydrogen-bond acceptors (Lipinski definition) is 2. The van der Waals surface area contributed by atoms with E-state index < -0.39 is 0 Å². The van der Waals surface area contributed by atoms with E-state index in [2.05, 4.69) is 43.3 Å². The molecule has 0 radical (unpaired) electrons. The number of pyridine rings is 1. The summed E-state index contributed by atoms with van der Waals surface area (Å²) in [7, 11) is 0. The summed E-state index contributed by atoms with van der Waals surface area (Å²) in [5.74, 6) is 0.437. The molecular formula is C22H25FN2O. The molecule has 3 nitrogen and oxygen atoms in total. The van der Waals surface area contributed by atoms with Gasteiger partial charge in [0.25, 0.3) is 0 Å². The molecule has 2 heterocycles. The lowest BCUT2D eigenvalue weighted by molar-refractivity contribution is 0.312. The lowest BCUT2D eigenvalue weighted by atomic mass is 10.1. The van der Waals surface area contributed by atoms with E-state index in [1.54, 1.807) is 18.3 Å². The van der Waals surface area contributed by atoms with Gasteiger partial charge in [-0.3, -0.25) is 0 Å². The molecule has 0 aliphatic rings. The number of hydrogen-bond donors (Lipinski definition) is 0. The summed E-state index contributed by atoms with van der Waals surface area (Å²) in [5.41, 5.74) is 5.86. The van der Waals surface area contributed by atoms with Gasteiger partial charge in [0.15, 0.2) is 0 Å². The molecular weight excluding hydrogens is 327 g/mol. The van der Waals surface area contributed by atoms with Gasteiger partial charge in [0.1, 0.15) is 11.3 Å². The van der Waals surface area contributed by atoms with Crippen LogP contribution in [0.4, 0.5) is 4.39 Å². The highest BCUT2D eigenvalue weighted by Crippen LogP contribution is 2.31. The molecule has 0 atom stereocenters. The maximum atomic E-state index is 13.0. The van der Waals surface area contributed by atoms with E-state index in [4.69, 9.17) is 4.74 Å². The first-order valence-electron chi connectivity index (χ1n) is 8.92. The molecule has 0 spiro atoms. The van der Waals surface area contributed by atoms with E-state index in [0.717, 1.165) is 17.6 Å². The number of fused-ring (bicyclic) bond motifs is 1. The zero-order chi connectivity index (χ0) is 18.7. The maximum absolute atomic E-state index is 13.0. The van der Waals surface area contributed by atoms with E-state index in [-0.39, 0.29) is 5.82 Å². The Labute approximate surface area is 154 Å². The molecule has 3 aromatic rings. The summed E-state index contributed by atoms with van der Waals surface area (Å²) in [6.45, 7) is 9.79. The van der Waals surface area contributed by atoms with E-state index in [0.29, 0.717) is 18.9 Å². The summed E-state index contributed by atoms with van der Waals surface area (Å²) in [5, 5.41) is 1.18. The van der Waals surface area contributed by atoms with Crippen LogP contribution in [0.1, 0.15) is 30.7 Å². The number of aryl methyl sites for hydroxylation is 1. The van der Waals surface area contributed by atoms with Crippen LogP contribution in [0, 0.1) is 19.7 Å². The number of benzene rings is 1. The molecule has 0 fully saturated rings. The van der Waals surface area contributed by atoms with Crippen molar-refractivity contribution in [1.29, 1.82) is 0 Å². The molecule has 0 aliphatic heterocycles. The zero-order valence-electron chi connectivity index (χ0n) is 15.8. The molecule has 1 aromatic carbocycles. The smallest absolute Gasteiger partial charge is 0.238 e. The Morgan fingerprint density at radius 3 is 2.58 bits per heavy atom. The first-order valence-corrected chi connectivity index (χ1v) is 8.92. The predicted octanol–water partition coefficient (Wildman–Crippen LogP) is 5.38. The Kier molecular flexibility index (Phi) is 5.40. The average molecular weight is 352 g/mol. The van der Waals surface area contributed by atoms with Gasteiger partial charge < -0.3 is 9.30 Å². The largest absolute Gasteiger partial charge is 0.476 e.